The number of carbonyl (C=O) groups excluding carboxylic acids is 2. The molecule has 1 N–H and O–H groups in total. The Morgan fingerprint density at radius 1 is 1.29 bits per heavy atom. The van der Waals surface area contributed by atoms with Crippen LogP contribution >= 0.6 is 11.3 Å². The molecule has 8 heteroatoms. The maximum absolute atomic E-state index is 12.4. The quantitative estimate of drug-likeness (QED) is 0.771. The molecule has 1 unspecified atom stereocenters. The first kappa shape index (κ1) is 18.6. The van der Waals surface area contributed by atoms with Crippen LogP contribution in [0.25, 0.3) is 0 Å². The van der Waals surface area contributed by atoms with E-state index in [1.54, 1.807) is 18.2 Å². The van der Waals surface area contributed by atoms with E-state index in [0.29, 0.717) is 33.7 Å². The Bertz CT molecular complexity index is 922. The van der Waals surface area contributed by atoms with Crippen LogP contribution < -0.4 is 19.5 Å². The fraction of sp³-hybridized carbons (Fsp3) is 0.400. The molecule has 1 aliphatic heterocycles. The second-order valence-corrected chi connectivity index (χ2v) is 8.00. The van der Waals surface area contributed by atoms with Crippen LogP contribution in [0.1, 0.15) is 34.1 Å². The van der Waals surface area contributed by atoms with Gasteiger partial charge in [0.2, 0.25) is 6.79 Å². The van der Waals surface area contributed by atoms with Gasteiger partial charge in [0.05, 0.1) is 12.7 Å². The number of benzene rings is 1. The number of rotatable bonds is 5. The molecule has 1 amide bonds. The van der Waals surface area contributed by atoms with Crippen LogP contribution in [0, 0.1) is 5.92 Å². The summed E-state index contributed by atoms with van der Waals surface area (Å²) >= 11 is 1.45. The van der Waals surface area contributed by atoms with Crippen molar-refractivity contribution in [1.29, 1.82) is 0 Å². The molecule has 7 nitrogen and oxygen atoms in total. The summed E-state index contributed by atoms with van der Waals surface area (Å²) in [6.45, 7) is 2.19. The van der Waals surface area contributed by atoms with Gasteiger partial charge in [-0.2, -0.15) is 0 Å². The number of ether oxygens (including phenoxy) is 4. The average Bonchev–Trinajstić information content (AvgIpc) is 3.28. The fourth-order valence-electron chi connectivity index (χ4n) is 3.44. The van der Waals surface area contributed by atoms with Crippen LogP contribution in [-0.4, -0.2) is 32.4 Å². The number of esters is 1. The molecule has 1 aromatic carbocycles. The van der Waals surface area contributed by atoms with Crippen molar-refractivity contribution in [2.75, 3.05) is 25.8 Å². The highest BCUT2D eigenvalue weighted by atomic mass is 32.1. The Labute approximate surface area is 166 Å². The van der Waals surface area contributed by atoms with Gasteiger partial charge in [0.1, 0.15) is 10.8 Å². The lowest BCUT2D eigenvalue weighted by Gasteiger charge is -2.18. The largest absolute Gasteiger partial charge is 0.484 e. The minimum atomic E-state index is -0.418. The van der Waals surface area contributed by atoms with Crippen LogP contribution in [0.15, 0.2) is 18.2 Å². The SMILES string of the molecule is COC(=O)c1c(NC(=O)COc2ccc3c(c2)OCO3)sc2c1CCC(C)C2. The third-order valence-electron chi connectivity index (χ3n) is 4.87. The molecule has 1 aliphatic carbocycles. The predicted molar refractivity (Wildman–Crippen MR) is 104 cm³/mol. The highest BCUT2D eigenvalue weighted by molar-refractivity contribution is 7.17. The summed E-state index contributed by atoms with van der Waals surface area (Å²) in [7, 11) is 1.35. The van der Waals surface area contributed by atoms with Gasteiger partial charge in [-0.25, -0.2) is 4.79 Å². The van der Waals surface area contributed by atoms with E-state index in [9.17, 15) is 9.59 Å². The average molecular weight is 403 g/mol. The minimum absolute atomic E-state index is 0.178. The fourth-order valence-corrected chi connectivity index (χ4v) is 4.85. The van der Waals surface area contributed by atoms with Crippen LogP contribution in [0.5, 0.6) is 17.2 Å². The number of methoxy groups -OCH3 is 1. The number of thiophene rings is 1. The van der Waals surface area contributed by atoms with Crippen LogP contribution in [0.2, 0.25) is 0 Å². The van der Waals surface area contributed by atoms with Gasteiger partial charge in [0.15, 0.2) is 18.1 Å². The molecule has 0 saturated heterocycles. The van der Waals surface area contributed by atoms with E-state index in [0.717, 1.165) is 29.7 Å². The topological polar surface area (TPSA) is 83.1 Å². The number of hydrogen-bond donors (Lipinski definition) is 1. The first-order valence-electron chi connectivity index (χ1n) is 9.10. The summed E-state index contributed by atoms with van der Waals surface area (Å²) in [4.78, 5) is 25.9. The molecule has 0 fully saturated rings. The van der Waals surface area contributed by atoms with Crippen molar-refractivity contribution in [1.82, 2.24) is 0 Å². The van der Waals surface area contributed by atoms with Gasteiger partial charge < -0.3 is 24.3 Å². The van der Waals surface area contributed by atoms with E-state index < -0.39 is 5.97 Å². The zero-order valence-corrected chi connectivity index (χ0v) is 16.5. The number of anilines is 1. The summed E-state index contributed by atoms with van der Waals surface area (Å²) in [5.41, 5.74) is 1.48. The molecule has 0 spiro atoms. The minimum Gasteiger partial charge on any atom is -0.484 e. The molecule has 2 aromatic rings. The number of carbonyl (C=O) groups is 2. The molecule has 2 aliphatic rings. The Morgan fingerprint density at radius 2 is 2.11 bits per heavy atom. The first-order valence-corrected chi connectivity index (χ1v) is 9.92. The molecule has 1 aromatic heterocycles. The zero-order chi connectivity index (χ0) is 19.7. The summed E-state index contributed by atoms with van der Waals surface area (Å²) in [6, 6.07) is 5.13. The van der Waals surface area contributed by atoms with Crippen molar-refractivity contribution >= 4 is 28.2 Å². The van der Waals surface area contributed by atoms with Crippen LogP contribution in [-0.2, 0) is 22.4 Å². The van der Waals surface area contributed by atoms with Crippen molar-refractivity contribution in [3.05, 3.63) is 34.2 Å². The van der Waals surface area contributed by atoms with Crippen molar-refractivity contribution in [3.63, 3.8) is 0 Å². The zero-order valence-electron chi connectivity index (χ0n) is 15.7. The van der Waals surface area contributed by atoms with Crippen molar-refractivity contribution < 1.29 is 28.5 Å². The summed E-state index contributed by atoms with van der Waals surface area (Å²) < 4.78 is 21.0. The normalized spacial score (nSPS) is 17.0. The molecule has 0 bridgehead atoms. The molecule has 0 saturated carbocycles. The second kappa shape index (κ2) is 7.71. The lowest BCUT2D eigenvalue weighted by atomic mass is 9.88. The smallest absolute Gasteiger partial charge is 0.341 e. The Morgan fingerprint density at radius 3 is 2.93 bits per heavy atom. The van der Waals surface area contributed by atoms with E-state index in [1.807, 2.05) is 0 Å². The molecular formula is C20H21NO6S. The number of hydrogen-bond acceptors (Lipinski definition) is 7. The Hall–Kier alpha value is -2.74. The Kier molecular flexibility index (Phi) is 5.13. The van der Waals surface area contributed by atoms with Crippen LogP contribution in [0.3, 0.4) is 0 Å². The summed E-state index contributed by atoms with van der Waals surface area (Å²) in [5.74, 6) is 1.55. The monoisotopic (exact) mass is 403 g/mol. The van der Waals surface area contributed by atoms with Crippen molar-refractivity contribution in [2.45, 2.75) is 26.2 Å². The molecule has 4 rings (SSSR count). The number of nitrogens with one attached hydrogen (secondary N) is 1. The van der Waals surface area contributed by atoms with Crippen molar-refractivity contribution in [3.8, 4) is 17.2 Å². The number of amides is 1. The highest BCUT2D eigenvalue weighted by Gasteiger charge is 2.29. The molecule has 1 atom stereocenters. The van der Waals surface area contributed by atoms with Gasteiger partial charge in [-0.05, 0) is 42.9 Å². The van der Waals surface area contributed by atoms with Crippen LogP contribution in [0.4, 0.5) is 5.00 Å². The first-order chi connectivity index (χ1) is 13.5. The number of fused-ring (bicyclic) bond motifs is 2. The van der Waals surface area contributed by atoms with Gasteiger partial charge >= 0.3 is 5.97 Å². The lowest BCUT2D eigenvalue weighted by Crippen LogP contribution is -2.21. The summed E-state index contributed by atoms with van der Waals surface area (Å²) in [5, 5.41) is 3.35. The van der Waals surface area contributed by atoms with Gasteiger partial charge in [-0.1, -0.05) is 6.92 Å². The van der Waals surface area contributed by atoms with Gasteiger partial charge in [0.25, 0.3) is 5.91 Å². The standard InChI is InChI=1S/C20H21NO6S/c1-11-3-5-13-16(7-11)28-19(18(13)20(23)24-2)21-17(22)9-25-12-4-6-14-15(8-12)27-10-26-14/h4,6,8,11H,3,5,7,9-10H2,1-2H3,(H,21,22). The van der Waals surface area contributed by atoms with E-state index in [4.69, 9.17) is 18.9 Å². The van der Waals surface area contributed by atoms with Crippen molar-refractivity contribution in [2.24, 2.45) is 5.92 Å². The molecule has 0 radical (unpaired) electrons. The molecule has 28 heavy (non-hydrogen) atoms. The van der Waals surface area contributed by atoms with E-state index in [1.165, 1.54) is 18.4 Å². The highest BCUT2D eigenvalue weighted by Crippen LogP contribution is 2.40. The van der Waals surface area contributed by atoms with E-state index in [-0.39, 0.29) is 19.3 Å². The van der Waals surface area contributed by atoms with Gasteiger partial charge in [0, 0.05) is 10.9 Å². The predicted octanol–water partition coefficient (Wildman–Crippen LogP) is 3.41. The van der Waals surface area contributed by atoms with E-state index >= 15 is 0 Å². The maximum Gasteiger partial charge on any atom is 0.341 e. The third kappa shape index (κ3) is 3.64. The molecule has 148 valence electrons. The Balaban J connectivity index is 1.46. The second-order valence-electron chi connectivity index (χ2n) is 6.90. The molecular weight excluding hydrogens is 382 g/mol. The van der Waals surface area contributed by atoms with Gasteiger partial charge in [-0.3, -0.25) is 4.79 Å². The third-order valence-corrected chi connectivity index (χ3v) is 6.04. The summed E-state index contributed by atoms with van der Waals surface area (Å²) in [6.07, 6.45) is 2.75. The lowest BCUT2D eigenvalue weighted by molar-refractivity contribution is -0.118. The van der Waals surface area contributed by atoms with E-state index in [2.05, 4.69) is 12.2 Å². The molecule has 2 heterocycles. The maximum atomic E-state index is 12.4. The van der Waals surface area contributed by atoms with Gasteiger partial charge in [-0.15, -0.1) is 11.3 Å².